The maximum absolute atomic E-state index is 5.59. The summed E-state index contributed by atoms with van der Waals surface area (Å²) in [5, 5.41) is 4.18. The summed E-state index contributed by atoms with van der Waals surface area (Å²) in [6, 6.07) is 4.18. The Labute approximate surface area is 145 Å². The molecular formula is C18H20N6O. The predicted octanol–water partition coefficient (Wildman–Crippen LogP) is 2.86. The quantitative estimate of drug-likeness (QED) is 0.713. The fourth-order valence-electron chi connectivity index (χ4n) is 3.51. The number of nitrogens with zero attached hydrogens (tertiary/aromatic N) is 6. The van der Waals surface area contributed by atoms with Gasteiger partial charge in [-0.3, -0.25) is 9.47 Å². The summed E-state index contributed by atoms with van der Waals surface area (Å²) in [6.07, 6.45) is 12.1. The highest BCUT2D eigenvalue weighted by molar-refractivity contribution is 5.53. The van der Waals surface area contributed by atoms with E-state index in [1.54, 1.807) is 18.7 Å². The summed E-state index contributed by atoms with van der Waals surface area (Å²) in [5.74, 6) is 3.05. The lowest BCUT2D eigenvalue weighted by atomic mass is 10.2. The second-order valence-corrected chi connectivity index (χ2v) is 6.93. The Morgan fingerprint density at radius 1 is 1.20 bits per heavy atom. The molecule has 0 aromatic carbocycles. The maximum Gasteiger partial charge on any atom is 0.244 e. The topological polar surface area (TPSA) is 72.9 Å². The minimum Gasteiger partial charge on any atom is -0.337 e. The van der Waals surface area contributed by atoms with E-state index in [-0.39, 0.29) is 6.04 Å². The zero-order valence-electron chi connectivity index (χ0n) is 14.0. The third-order valence-electron chi connectivity index (χ3n) is 5.06. The molecule has 7 nitrogen and oxygen atoms in total. The summed E-state index contributed by atoms with van der Waals surface area (Å²) >= 11 is 0. The molecule has 7 heteroatoms. The number of likely N-dealkylation sites (tertiary alicyclic amines) is 1. The molecule has 1 atom stereocenters. The SMILES string of the molecule is c1cn(-c2ccc(-c3noc([C@H]4CCCN4CC4CC4)n3)cn2)cn1. The van der Waals surface area contributed by atoms with Crippen molar-refractivity contribution >= 4 is 0 Å². The lowest BCUT2D eigenvalue weighted by molar-refractivity contribution is 0.201. The van der Waals surface area contributed by atoms with Gasteiger partial charge in [0, 0.05) is 30.7 Å². The van der Waals surface area contributed by atoms with Crippen molar-refractivity contribution in [3.05, 3.63) is 42.9 Å². The summed E-state index contributed by atoms with van der Waals surface area (Å²) in [6.45, 7) is 2.31. The van der Waals surface area contributed by atoms with Crippen molar-refractivity contribution in [1.82, 2.24) is 29.6 Å². The van der Waals surface area contributed by atoms with E-state index in [0.717, 1.165) is 36.2 Å². The zero-order valence-corrected chi connectivity index (χ0v) is 14.0. The molecule has 0 radical (unpaired) electrons. The van der Waals surface area contributed by atoms with Crippen molar-refractivity contribution in [1.29, 1.82) is 0 Å². The zero-order chi connectivity index (χ0) is 16.6. The van der Waals surface area contributed by atoms with Crippen LogP contribution in [-0.2, 0) is 0 Å². The Balaban J connectivity index is 1.35. The number of pyridine rings is 1. The van der Waals surface area contributed by atoms with Gasteiger partial charge in [-0.25, -0.2) is 9.97 Å². The van der Waals surface area contributed by atoms with Crippen LogP contribution in [-0.4, -0.2) is 42.7 Å². The van der Waals surface area contributed by atoms with Crippen LogP contribution in [0.5, 0.6) is 0 Å². The summed E-state index contributed by atoms with van der Waals surface area (Å²) in [5.41, 5.74) is 0.866. The van der Waals surface area contributed by atoms with Crippen LogP contribution in [0.4, 0.5) is 0 Å². The van der Waals surface area contributed by atoms with E-state index in [0.29, 0.717) is 5.82 Å². The van der Waals surface area contributed by atoms with Crippen LogP contribution in [0.1, 0.15) is 37.6 Å². The van der Waals surface area contributed by atoms with Crippen molar-refractivity contribution in [2.75, 3.05) is 13.1 Å². The van der Waals surface area contributed by atoms with E-state index in [1.807, 2.05) is 22.9 Å². The third-order valence-corrected chi connectivity index (χ3v) is 5.06. The molecule has 128 valence electrons. The molecule has 1 aliphatic carbocycles. The molecular weight excluding hydrogens is 316 g/mol. The van der Waals surface area contributed by atoms with Gasteiger partial charge in [0.2, 0.25) is 11.7 Å². The molecule has 2 aliphatic rings. The first-order valence-corrected chi connectivity index (χ1v) is 8.89. The minimum absolute atomic E-state index is 0.278. The summed E-state index contributed by atoms with van der Waals surface area (Å²) < 4.78 is 7.45. The minimum atomic E-state index is 0.278. The number of imidazole rings is 1. The Bertz CT molecular complexity index is 837. The van der Waals surface area contributed by atoms with E-state index in [9.17, 15) is 0 Å². The van der Waals surface area contributed by atoms with Crippen molar-refractivity contribution in [2.45, 2.75) is 31.7 Å². The number of hydrogen-bond donors (Lipinski definition) is 0. The average molecular weight is 336 g/mol. The van der Waals surface area contributed by atoms with Gasteiger partial charge in [-0.05, 0) is 50.3 Å². The molecule has 25 heavy (non-hydrogen) atoms. The summed E-state index contributed by atoms with van der Waals surface area (Å²) in [4.78, 5) is 15.7. The van der Waals surface area contributed by atoms with Crippen LogP contribution in [0.15, 0.2) is 41.6 Å². The van der Waals surface area contributed by atoms with Crippen molar-refractivity contribution in [3.63, 3.8) is 0 Å². The molecule has 1 saturated carbocycles. The van der Waals surface area contributed by atoms with Gasteiger partial charge < -0.3 is 4.52 Å². The lowest BCUT2D eigenvalue weighted by Crippen LogP contribution is -2.25. The lowest BCUT2D eigenvalue weighted by Gasteiger charge is -2.20. The Hall–Kier alpha value is -2.54. The largest absolute Gasteiger partial charge is 0.337 e. The first kappa shape index (κ1) is 14.8. The van der Waals surface area contributed by atoms with Crippen LogP contribution in [0.2, 0.25) is 0 Å². The Morgan fingerprint density at radius 3 is 2.92 bits per heavy atom. The molecule has 1 aliphatic heterocycles. The summed E-state index contributed by atoms with van der Waals surface area (Å²) in [7, 11) is 0. The molecule has 0 bridgehead atoms. The smallest absolute Gasteiger partial charge is 0.244 e. The second-order valence-electron chi connectivity index (χ2n) is 6.93. The van der Waals surface area contributed by atoms with Crippen LogP contribution in [0.3, 0.4) is 0 Å². The van der Waals surface area contributed by atoms with Gasteiger partial charge in [-0.15, -0.1) is 0 Å². The van der Waals surface area contributed by atoms with E-state index in [4.69, 9.17) is 4.52 Å². The van der Waals surface area contributed by atoms with Crippen LogP contribution in [0.25, 0.3) is 17.2 Å². The fourth-order valence-corrected chi connectivity index (χ4v) is 3.51. The van der Waals surface area contributed by atoms with Gasteiger partial charge >= 0.3 is 0 Å². The van der Waals surface area contributed by atoms with Crippen molar-refractivity contribution in [2.24, 2.45) is 5.92 Å². The highest BCUT2D eigenvalue weighted by Crippen LogP contribution is 2.37. The van der Waals surface area contributed by atoms with Crippen LogP contribution < -0.4 is 0 Å². The molecule has 4 heterocycles. The molecule has 0 amide bonds. The third kappa shape index (κ3) is 2.95. The fraction of sp³-hybridized carbons (Fsp3) is 0.444. The Morgan fingerprint density at radius 2 is 2.16 bits per heavy atom. The maximum atomic E-state index is 5.59. The molecule has 3 aromatic heterocycles. The molecule has 2 fully saturated rings. The molecule has 0 spiro atoms. The standard InChI is InChI=1S/C18H20N6O/c1-2-15(23(8-1)11-13-3-4-13)18-21-17(22-25-18)14-5-6-16(20-10-14)24-9-7-19-12-24/h5-7,9-10,12-13,15H,1-4,8,11H2/t15-/m1/s1. The van der Waals surface area contributed by atoms with Crippen LogP contribution >= 0.6 is 0 Å². The molecule has 0 N–H and O–H groups in total. The first-order valence-electron chi connectivity index (χ1n) is 8.89. The number of rotatable bonds is 5. The van der Waals surface area contributed by atoms with Crippen molar-refractivity contribution < 1.29 is 4.52 Å². The Kier molecular flexibility index (Phi) is 3.59. The van der Waals surface area contributed by atoms with Gasteiger partial charge in [0.1, 0.15) is 12.1 Å². The molecule has 3 aromatic rings. The van der Waals surface area contributed by atoms with Crippen molar-refractivity contribution in [3.8, 4) is 17.2 Å². The predicted molar refractivity (Wildman–Crippen MR) is 90.9 cm³/mol. The number of aromatic nitrogens is 5. The first-order chi connectivity index (χ1) is 12.4. The van der Waals surface area contributed by atoms with E-state index in [2.05, 4.69) is 25.0 Å². The highest BCUT2D eigenvalue weighted by Gasteiger charge is 2.34. The van der Waals surface area contributed by atoms with Gasteiger partial charge in [0.25, 0.3) is 0 Å². The number of hydrogen-bond acceptors (Lipinski definition) is 6. The second kappa shape index (κ2) is 6.07. The molecule has 5 rings (SSSR count). The van der Waals surface area contributed by atoms with E-state index < -0.39 is 0 Å². The average Bonchev–Trinajstić information content (AvgIpc) is 3.08. The molecule has 1 saturated heterocycles. The van der Waals surface area contributed by atoms with Gasteiger partial charge in [-0.2, -0.15) is 4.98 Å². The van der Waals surface area contributed by atoms with Gasteiger partial charge in [-0.1, -0.05) is 5.16 Å². The van der Waals surface area contributed by atoms with Gasteiger partial charge in [0.05, 0.1) is 6.04 Å². The van der Waals surface area contributed by atoms with Gasteiger partial charge in [0.15, 0.2) is 0 Å². The highest BCUT2D eigenvalue weighted by atomic mass is 16.5. The van der Waals surface area contributed by atoms with Crippen LogP contribution in [0, 0.1) is 5.92 Å². The van der Waals surface area contributed by atoms with E-state index >= 15 is 0 Å². The molecule has 0 unspecified atom stereocenters. The monoisotopic (exact) mass is 336 g/mol. The normalized spacial score (nSPS) is 21.0. The van der Waals surface area contributed by atoms with E-state index in [1.165, 1.54) is 25.8 Å².